The molecule has 4 nitrogen and oxygen atoms in total. The third-order valence-electron chi connectivity index (χ3n) is 14.2. The zero-order valence-corrected chi connectivity index (χ0v) is 34.7. The molecule has 268 valence electrons. The van der Waals surface area contributed by atoms with Gasteiger partial charge in [0.25, 0.3) is 0 Å². The van der Waals surface area contributed by atoms with Crippen molar-refractivity contribution in [2.45, 2.75) is 169 Å². The lowest BCUT2D eigenvalue weighted by Gasteiger charge is -2.59. The molecule has 0 saturated heterocycles. The van der Waals surface area contributed by atoms with E-state index < -0.39 is 28.3 Å². The van der Waals surface area contributed by atoms with E-state index in [0.717, 1.165) is 38.5 Å². The van der Waals surface area contributed by atoms with Gasteiger partial charge in [-0.15, -0.1) is 0 Å². The first-order valence-electron chi connectivity index (χ1n) is 18.6. The van der Waals surface area contributed by atoms with Crippen LogP contribution in [0.3, 0.4) is 0 Å². The van der Waals surface area contributed by atoms with Crippen molar-refractivity contribution in [3.63, 3.8) is 0 Å². The van der Waals surface area contributed by atoms with E-state index in [1.807, 2.05) is 6.08 Å². The maximum Gasteiger partial charge on any atom is 0.347 e. The molecule has 0 aromatic rings. The Balaban J connectivity index is 1.67. The first-order valence-corrected chi connectivity index (χ1v) is 24.5. The minimum absolute atomic E-state index is 0.0481. The van der Waals surface area contributed by atoms with Gasteiger partial charge in [0, 0.05) is 5.41 Å². The van der Waals surface area contributed by atoms with Crippen LogP contribution in [0, 0.1) is 34.5 Å². The van der Waals surface area contributed by atoms with Crippen molar-refractivity contribution in [3.8, 4) is 0 Å². The van der Waals surface area contributed by atoms with E-state index in [2.05, 4.69) is 101 Å². The van der Waals surface area contributed by atoms with Crippen molar-refractivity contribution < 1.29 is 22.8 Å². The molecule has 3 fully saturated rings. The number of hydrogen-bond donors (Lipinski definition) is 0. The van der Waals surface area contributed by atoms with Crippen LogP contribution < -0.4 is 0 Å². The second kappa shape index (κ2) is 12.9. The molecule has 0 bridgehead atoms. The Hall–Kier alpha value is -1.03. The molecule has 4 rings (SSSR count). The van der Waals surface area contributed by atoms with Gasteiger partial charge in [0.2, 0.25) is 5.67 Å². The predicted molar refractivity (Wildman–Crippen MR) is 199 cm³/mol. The van der Waals surface area contributed by atoms with Crippen LogP contribution in [0.1, 0.15) is 115 Å². The largest absolute Gasteiger partial charge is 0.463 e. The summed E-state index contributed by atoms with van der Waals surface area (Å²) >= 11 is 0. The molecule has 0 amide bonds. The van der Waals surface area contributed by atoms with Crippen LogP contribution in [0.4, 0.5) is 4.39 Å². The highest BCUT2D eigenvalue weighted by Crippen LogP contribution is 2.67. The molecule has 47 heavy (non-hydrogen) atoms. The van der Waals surface area contributed by atoms with Crippen LogP contribution in [-0.2, 0) is 18.4 Å². The third kappa shape index (κ3) is 7.12. The van der Waals surface area contributed by atoms with Crippen LogP contribution in [0.15, 0.2) is 35.5 Å². The number of carbonyl (C=O) groups excluding carboxylic acids is 1. The molecule has 0 spiro atoms. The molecule has 0 aromatic carbocycles. The molecule has 7 heteroatoms. The zero-order valence-electron chi connectivity index (χ0n) is 32.7. The summed E-state index contributed by atoms with van der Waals surface area (Å²) < 4.78 is 34.8. The number of hydrogen-bond acceptors (Lipinski definition) is 4. The quantitative estimate of drug-likeness (QED) is 0.137. The topological polar surface area (TPSA) is 44.8 Å². The summed E-state index contributed by atoms with van der Waals surface area (Å²) in [6, 6.07) is 0. The van der Waals surface area contributed by atoms with E-state index in [1.165, 1.54) is 18.6 Å². The second-order valence-electron chi connectivity index (χ2n) is 19.3. The van der Waals surface area contributed by atoms with E-state index in [9.17, 15) is 4.79 Å². The van der Waals surface area contributed by atoms with Crippen LogP contribution in [0.2, 0.25) is 36.3 Å². The second-order valence-corrected chi connectivity index (χ2v) is 28.8. The molecule has 0 aliphatic heterocycles. The minimum atomic E-state index is -2.10. The minimum Gasteiger partial charge on any atom is -0.463 e. The van der Waals surface area contributed by atoms with Crippen molar-refractivity contribution in [2.75, 3.05) is 6.61 Å². The van der Waals surface area contributed by atoms with Crippen LogP contribution in [-0.4, -0.2) is 47.1 Å². The Kier molecular flexibility index (Phi) is 10.7. The van der Waals surface area contributed by atoms with Gasteiger partial charge in [-0.2, -0.15) is 0 Å². The first kappa shape index (κ1) is 38.8. The van der Waals surface area contributed by atoms with Crippen molar-refractivity contribution in [1.29, 1.82) is 0 Å². The van der Waals surface area contributed by atoms with E-state index in [4.69, 9.17) is 13.6 Å². The van der Waals surface area contributed by atoms with Gasteiger partial charge in [0.1, 0.15) is 0 Å². The van der Waals surface area contributed by atoms with Gasteiger partial charge in [-0.3, -0.25) is 0 Å². The lowest BCUT2D eigenvalue weighted by atomic mass is 9.49. The Bertz CT molecular complexity index is 1270. The summed E-state index contributed by atoms with van der Waals surface area (Å²) in [6.45, 7) is 34.1. The fourth-order valence-electron chi connectivity index (χ4n) is 9.10. The monoisotopic (exact) mass is 688 g/mol. The fraction of sp³-hybridized carbons (Fsp3) is 0.825. The van der Waals surface area contributed by atoms with Crippen molar-refractivity contribution >= 4 is 22.6 Å². The number of fused-ring (bicyclic) bond motifs is 5. The average Bonchev–Trinajstić information content (AvgIpc) is 3.28. The summed E-state index contributed by atoms with van der Waals surface area (Å²) in [5.41, 5.74) is 1.14. The van der Waals surface area contributed by atoms with Crippen LogP contribution in [0.25, 0.3) is 0 Å². The highest BCUT2D eigenvalue weighted by Gasteiger charge is 2.60. The van der Waals surface area contributed by atoms with Gasteiger partial charge in [-0.05, 0) is 124 Å². The fourth-order valence-corrected chi connectivity index (χ4v) is 11.9. The summed E-state index contributed by atoms with van der Waals surface area (Å²) in [4.78, 5) is 12.2. The lowest BCUT2D eigenvalue weighted by molar-refractivity contribution is -0.152. The molecular formula is C40H69FO4Si2. The molecule has 4 aliphatic carbocycles. The van der Waals surface area contributed by atoms with Crippen LogP contribution >= 0.6 is 0 Å². The summed E-state index contributed by atoms with van der Waals surface area (Å²) in [7, 11) is -4.01. The van der Waals surface area contributed by atoms with Gasteiger partial charge in [-0.25, -0.2) is 9.18 Å². The Morgan fingerprint density at radius 2 is 1.55 bits per heavy atom. The zero-order chi connectivity index (χ0) is 35.6. The highest BCUT2D eigenvalue weighted by molar-refractivity contribution is 6.74. The number of alkyl halides is 1. The number of esters is 1. The van der Waals surface area contributed by atoms with E-state index in [0.29, 0.717) is 17.8 Å². The van der Waals surface area contributed by atoms with Crippen molar-refractivity contribution in [1.82, 2.24) is 0 Å². The molecular weight excluding hydrogens is 620 g/mol. The van der Waals surface area contributed by atoms with E-state index in [1.54, 1.807) is 12.5 Å². The van der Waals surface area contributed by atoms with Crippen molar-refractivity contribution in [2.24, 2.45) is 34.5 Å². The maximum absolute atomic E-state index is 15.2. The number of carbonyl (C=O) groups is 1. The standard InChI is InChI=1S/C40H69FO4Si2/c1-16-43-35(42)39(10,41)24-21-27(2)31-19-20-32-30-18-17-28-25-29(44-46(12,13)36(3,4)5)26-34(45-47(14,15)37(6,7)8)40(28,11)33(30)22-23-38(31,32)9/h17-18,21,24,27,29,31-34H,16,19-20,22-23,25-26H2,1-15H3/b24-21+/t27-,29-,31-,32+,33+,34+,38-,39+,40+/m1/s1. The number of allylic oxidation sites excluding steroid dienone is 4. The Labute approximate surface area is 290 Å². The van der Waals surface area contributed by atoms with Crippen LogP contribution in [0.5, 0.6) is 0 Å². The smallest absolute Gasteiger partial charge is 0.347 e. The van der Waals surface area contributed by atoms with Gasteiger partial charge in [-0.1, -0.05) is 91.7 Å². The number of ether oxygens (including phenoxy) is 1. The molecule has 3 saturated carbocycles. The number of halogens is 1. The van der Waals surface area contributed by atoms with Gasteiger partial charge in [0.15, 0.2) is 16.6 Å². The van der Waals surface area contributed by atoms with E-state index in [-0.39, 0.29) is 45.6 Å². The highest BCUT2D eigenvalue weighted by atomic mass is 28.4. The summed E-state index contributed by atoms with van der Waals surface area (Å²) in [5.74, 6) is 0.783. The van der Waals surface area contributed by atoms with Gasteiger partial charge in [0.05, 0.1) is 18.8 Å². The number of rotatable bonds is 9. The molecule has 0 aromatic heterocycles. The Morgan fingerprint density at radius 1 is 0.957 bits per heavy atom. The van der Waals surface area contributed by atoms with Gasteiger partial charge < -0.3 is 13.6 Å². The molecule has 0 N–H and O–H groups in total. The van der Waals surface area contributed by atoms with E-state index >= 15 is 4.39 Å². The molecule has 4 aliphatic rings. The van der Waals surface area contributed by atoms with Crippen molar-refractivity contribution in [3.05, 3.63) is 35.5 Å². The predicted octanol–water partition coefficient (Wildman–Crippen LogP) is 11.4. The molecule has 0 radical (unpaired) electrons. The SMILES string of the molecule is CCOC(=O)[C@@](C)(F)/C=C/[C@@H](C)[C@H]1CC[C@H]2C3=CC=C4C[C@@H](O[Si](C)(C)C(C)(C)C)C[C@H](O[Si](C)(C)C(C)(C)C)[C@]4(C)[C@H]3CC[C@]12C. The molecule has 9 atom stereocenters. The summed E-state index contributed by atoms with van der Waals surface area (Å²) in [6.07, 6.45) is 15.2. The third-order valence-corrected chi connectivity index (χ3v) is 23.2. The first-order chi connectivity index (χ1) is 21.3. The average molecular weight is 689 g/mol. The normalized spacial score (nSPS) is 35.3. The molecule has 0 unspecified atom stereocenters. The maximum atomic E-state index is 15.2. The summed E-state index contributed by atoms with van der Waals surface area (Å²) in [5, 5.41) is 0.294. The molecule has 0 heterocycles. The Morgan fingerprint density at radius 3 is 2.13 bits per heavy atom. The van der Waals surface area contributed by atoms with Gasteiger partial charge >= 0.3 is 5.97 Å². The lowest BCUT2D eigenvalue weighted by Crippen LogP contribution is -2.58.